The third kappa shape index (κ3) is 5.31. The molecule has 0 bridgehead atoms. The minimum Gasteiger partial charge on any atom is -0.300 e. The van der Waals surface area contributed by atoms with Gasteiger partial charge in [-0.2, -0.15) is 0 Å². The van der Waals surface area contributed by atoms with Crippen LogP contribution in [0.1, 0.15) is 45.4 Å². The van der Waals surface area contributed by atoms with Crippen LogP contribution in [0.3, 0.4) is 0 Å². The molecule has 1 aliphatic carbocycles. The average Bonchev–Trinajstić information content (AvgIpc) is 2.08. The zero-order valence-corrected chi connectivity index (χ0v) is 9.29. The number of Topliss-reactive ketones (excluding diaryl/α,β-unsaturated/α-hetero) is 2. The maximum Gasteiger partial charge on any atom is 0.144 e. The highest BCUT2D eigenvalue weighted by molar-refractivity contribution is 5.98. The van der Waals surface area contributed by atoms with E-state index in [9.17, 15) is 9.59 Å². The Morgan fingerprint density at radius 3 is 2.67 bits per heavy atom. The molecule has 0 atom stereocenters. The Hall–Kier alpha value is -1.18. The van der Waals surface area contributed by atoms with Crippen LogP contribution >= 0.6 is 0 Å². The van der Waals surface area contributed by atoms with Gasteiger partial charge in [0.25, 0.3) is 0 Å². The van der Waals surface area contributed by atoms with E-state index in [1.807, 2.05) is 0 Å². The van der Waals surface area contributed by atoms with Crippen molar-refractivity contribution in [2.45, 2.75) is 45.4 Å². The van der Waals surface area contributed by atoms with Crippen LogP contribution in [0.15, 0.2) is 23.8 Å². The fourth-order valence-corrected chi connectivity index (χ4v) is 1.74. The third-order valence-corrected chi connectivity index (χ3v) is 2.44. The molecule has 0 aliphatic heterocycles. The molecule has 0 aromatic carbocycles. The molecule has 82 valence electrons. The van der Waals surface area contributed by atoms with E-state index in [2.05, 4.69) is 18.2 Å². The van der Waals surface area contributed by atoms with Crippen LogP contribution in [0.4, 0.5) is 0 Å². The Balaban J connectivity index is 2.42. The molecule has 0 amide bonds. The van der Waals surface area contributed by atoms with Crippen molar-refractivity contribution >= 4 is 11.6 Å². The average molecular weight is 206 g/mol. The van der Waals surface area contributed by atoms with Crippen molar-refractivity contribution in [3.63, 3.8) is 0 Å². The molecule has 0 heterocycles. The predicted octanol–water partition coefficient (Wildman–Crippen LogP) is 2.98. The van der Waals surface area contributed by atoms with Gasteiger partial charge in [-0.25, -0.2) is 0 Å². The van der Waals surface area contributed by atoms with Gasteiger partial charge in [-0.1, -0.05) is 23.8 Å². The molecule has 1 aliphatic rings. The zero-order valence-electron chi connectivity index (χ0n) is 9.29. The normalized spacial score (nSPS) is 22.1. The SMILES string of the molecule is CC(=O)CC(=O)C/C1=C/CC/C=C\CC1. The van der Waals surface area contributed by atoms with Crippen LogP contribution in [-0.2, 0) is 9.59 Å². The monoisotopic (exact) mass is 206 g/mol. The summed E-state index contributed by atoms with van der Waals surface area (Å²) in [6.45, 7) is 1.47. The van der Waals surface area contributed by atoms with Crippen LogP contribution in [0.5, 0.6) is 0 Å². The molecule has 1 rings (SSSR count). The Kier molecular flexibility index (Phi) is 5.02. The number of carbonyl (C=O) groups excluding carboxylic acids is 2. The van der Waals surface area contributed by atoms with E-state index >= 15 is 0 Å². The number of ketones is 2. The molecule has 15 heavy (non-hydrogen) atoms. The van der Waals surface area contributed by atoms with Crippen molar-refractivity contribution in [3.05, 3.63) is 23.8 Å². The Labute approximate surface area is 91.1 Å². The number of allylic oxidation sites excluding steroid dienone is 4. The van der Waals surface area contributed by atoms with Gasteiger partial charge in [0.05, 0.1) is 6.42 Å². The summed E-state index contributed by atoms with van der Waals surface area (Å²) in [5.41, 5.74) is 1.20. The minimum atomic E-state index is -0.0358. The summed E-state index contributed by atoms with van der Waals surface area (Å²) < 4.78 is 0. The maximum atomic E-state index is 11.4. The van der Waals surface area contributed by atoms with E-state index in [0.717, 1.165) is 25.7 Å². The molecule has 0 aromatic heterocycles. The molecule has 0 fully saturated rings. The van der Waals surface area contributed by atoms with Crippen molar-refractivity contribution in [3.8, 4) is 0 Å². The molecule has 0 radical (unpaired) electrons. The highest BCUT2D eigenvalue weighted by Crippen LogP contribution is 2.16. The Morgan fingerprint density at radius 2 is 1.93 bits per heavy atom. The van der Waals surface area contributed by atoms with Crippen molar-refractivity contribution in [1.29, 1.82) is 0 Å². The summed E-state index contributed by atoms with van der Waals surface area (Å²) in [6.07, 6.45) is 11.1. The lowest BCUT2D eigenvalue weighted by atomic mass is 9.98. The van der Waals surface area contributed by atoms with Gasteiger partial charge in [-0.15, -0.1) is 0 Å². The summed E-state index contributed by atoms with van der Waals surface area (Å²) >= 11 is 0. The first-order chi connectivity index (χ1) is 7.18. The van der Waals surface area contributed by atoms with Gasteiger partial charge in [0.1, 0.15) is 11.6 Å². The number of hydrogen-bond donors (Lipinski definition) is 0. The molecular formula is C13H18O2. The van der Waals surface area contributed by atoms with E-state index in [0.29, 0.717) is 6.42 Å². The van der Waals surface area contributed by atoms with Crippen LogP contribution in [-0.4, -0.2) is 11.6 Å². The van der Waals surface area contributed by atoms with Gasteiger partial charge in [-0.05, 0) is 32.6 Å². The molecule has 0 saturated heterocycles. The highest BCUT2D eigenvalue weighted by Gasteiger charge is 2.08. The second-order valence-electron chi connectivity index (χ2n) is 4.04. The quantitative estimate of drug-likeness (QED) is 0.523. The van der Waals surface area contributed by atoms with Gasteiger partial charge in [-0.3, -0.25) is 9.59 Å². The van der Waals surface area contributed by atoms with Crippen molar-refractivity contribution in [2.24, 2.45) is 0 Å². The fourth-order valence-electron chi connectivity index (χ4n) is 1.74. The third-order valence-electron chi connectivity index (χ3n) is 2.44. The topological polar surface area (TPSA) is 34.1 Å². The molecule has 2 nitrogen and oxygen atoms in total. The van der Waals surface area contributed by atoms with Crippen molar-refractivity contribution < 1.29 is 9.59 Å². The number of carbonyl (C=O) groups is 2. The molecule has 0 unspecified atom stereocenters. The minimum absolute atomic E-state index is 0.0358. The molecule has 2 heteroatoms. The van der Waals surface area contributed by atoms with Crippen LogP contribution < -0.4 is 0 Å². The molecule has 0 saturated carbocycles. The Bertz CT molecular complexity index is 298. The first kappa shape index (κ1) is 11.9. The van der Waals surface area contributed by atoms with E-state index in [1.165, 1.54) is 12.5 Å². The zero-order chi connectivity index (χ0) is 11.1. The van der Waals surface area contributed by atoms with E-state index in [1.54, 1.807) is 0 Å². The lowest BCUT2D eigenvalue weighted by Gasteiger charge is -2.07. The standard InChI is InChI=1S/C13H18O2/c1-11(14)9-13(15)10-12-7-5-3-2-4-6-8-12/h2-3,8H,4-7,9-10H2,1H3/b3-2-,12-8+. The highest BCUT2D eigenvalue weighted by atomic mass is 16.1. The fraction of sp³-hybridized carbons (Fsp3) is 0.538. The molecule has 0 N–H and O–H groups in total. The predicted molar refractivity (Wildman–Crippen MR) is 60.6 cm³/mol. The first-order valence-corrected chi connectivity index (χ1v) is 5.52. The summed E-state index contributed by atoms with van der Waals surface area (Å²) in [5, 5.41) is 0. The smallest absolute Gasteiger partial charge is 0.144 e. The number of hydrogen-bond acceptors (Lipinski definition) is 2. The summed E-state index contributed by atoms with van der Waals surface area (Å²) in [7, 11) is 0. The van der Waals surface area contributed by atoms with E-state index in [-0.39, 0.29) is 18.0 Å². The first-order valence-electron chi connectivity index (χ1n) is 5.52. The Morgan fingerprint density at radius 1 is 1.20 bits per heavy atom. The molecular weight excluding hydrogens is 188 g/mol. The van der Waals surface area contributed by atoms with Gasteiger partial charge < -0.3 is 0 Å². The van der Waals surface area contributed by atoms with Crippen LogP contribution in [0.2, 0.25) is 0 Å². The van der Waals surface area contributed by atoms with Gasteiger partial charge in [0.2, 0.25) is 0 Å². The van der Waals surface area contributed by atoms with E-state index < -0.39 is 0 Å². The summed E-state index contributed by atoms with van der Waals surface area (Å²) in [5.74, 6) is 0.0182. The molecule has 0 spiro atoms. The van der Waals surface area contributed by atoms with Gasteiger partial charge in [0.15, 0.2) is 0 Å². The summed E-state index contributed by atoms with van der Waals surface area (Å²) in [4.78, 5) is 22.2. The lowest BCUT2D eigenvalue weighted by Crippen LogP contribution is -2.05. The summed E-state index contributed by atoms with van der Waals surface area (Å²) in [6, 6.07) is 0. The van der Waals surface area contributed by atoms with Crippen molar-refractivity contribution in [2.75, 3.05) is 0 Å². The van der Waals surface area contributed by atoms with Crippen molar-refractivity contribution in [1.82, 2.24) is 0 Å². The maximum absolute atomic E-state index is 11.4. The van der Waals surface area contributed by atoms with Gasteiger partial charge in [0, 0.05) is 6.42 Å². The number of rotatable bonds is 4. The largest absolute Gasteiger partial charge is 0.300 e. The second-order valence-corrected chi connectivity index (χ2v) is 4.04. The van der Waals surface area contributed by atoms with Crippen LogP contribution in [0, 0.1) is 0 Å². The van der Waals surface area contributed by atoms with E-state index in [4.69, 9.17) is 0 Å². The van der Waals surface area contributed by atoms with Crippen LogP contribution in [0.25, 0.3) is 0 Å². The van der Waals surface area contributed by atoms with Gasteiger partial charge >= 0.3 is 0 Å². The molecule has 0 aromatic rings. The lowest BCUT2D eigenvalue weighted by molar-refractivity contribution is -0.125. The second kappa shape index (κ2) is 6.33.